The van der Waals surface area contributed by atoms with Gasteiger partial charge in [-0.15, -0.1) is 0 Å². The topological polar surface area (TPSA) is 102 Å². The van der Waals surface area contributed by atoms with Crippen LogP contribution in [0.15, 0.2) is 54.2 Å². The summed E-state index contributed by atoms with van der Waals surface area (Å²) in [5.41, 5.74) is 0.720. The second kappa shape index (κ2) is 8.34. The zero-order valence-corrected chi connectivity index (χ0v) is 13.0. The van der Waals surface area contributed by atoms with Crippen molar-refractivity contribution in [3.63, 3.8) is 0 Å². The fourth-order valence-electron chi connectivity index (χ4n) is 2.19. The summed E-state index contributed by atoms with van der Waals surface area (Å²) in [6.45, 7) is 0.207. The molecule has 3 N–H and O–H groups in total. The van der Waals surface area contributed by atoms with Crippen LogP contribution in [0.2, 0.25) is 0 Å². The maximum atomic E-state index is 11.9. The molecule has 0 aromatic heterocycles. The zero-order valence-electron chi connectivity index (χ0n) is 13.0. The molecule has 0 heterocycles. The van der Waals surface area contributed by atoms with Crippen molar-refractivity contribution in [2.75, 3.05) is 11.9 Å². The predicted molar refractivity (Wildman–Crippen MR) is 91.1 cm³/mol. The second-order valence-electron chi connectivity index (χ2n) is 5.09. The molecule has 24 heavy (non-hydrogen) atoms. The van der Waals surface area contributed by atoms with Gasteiger partial charge in [0.15, 0.2) is 0 Å². The highest BCUT2D eigenvalue weighted by atomic mass is 16.4. The lowest BCUT2D eigenvalue weighted by Gasteiger charge is -2.07. The first-order valence-corrected chi connectivity index (χ1v) is 7.46. The lowest BCUT2D eigenvalue weighted by atomic mass is 10.1. The van der Waals surface area contributed by atoms with Gasteiger partial charge in [0.1, 0.15) is 11.6 Å². The molecule has 2 aromatic rings. The number of nitrogens with one attached hydrogen (secondary N) is 2. The molecule has 0 aliphatic carbocycles. The van der Waals surface area contributed by atoms with Crippen molar-refractivity contribution in [3.8, 4) is 6.07 Å². The predicted octanol–water partition coefficient (Wildman–Crippen LogP) is 2.64. The standard InChI is InChI=1S/C18H17N3O3/c19-11-14(18(24)20-10-4-9-17(22)23)12-21-16-8-3-6-13-5-1-2-7-15(13)16/h1-3,5-8,12,21H,4,9-10H2,(H,20,24)(H,22,23)/b14-12-. The van der Waals surface area contributed by atoms with E-state index in [2.05, 4.69) is 10.6 Å². The summed E-state index contributed by atoms with van der Waals surface area (Å²) in [5.74, 6) is -1.45. The van der Waals surface area contributed by atoms with Crippen LogP contribution in [0, 0.1) is 11.3 Å². The number of anilines is 1. The van der Waals surface area contributed by atoms with Gasteiger partial charge in [0.05, 0.1) is 0 Å². The smallest absolute Gasteiger partial charge is 0.303 e. The number of benzene rings is 2. The highest BCUT2D eigenvalue weighted by Gasteiger charge is 2.08. The minimum absolute atomic E-state index is 0.0276. The Kier molecular flexibility index (Phi) is 5.92. The van der Waals surface area contributed by atoms with Crippen LogP contribution in [0.25, 0.3) is 10.8 Å². The highest BCUT2D eigenvalue weighted by Crippen LogP contribution is 2.23. The number of carbonyl (C=O) groups excluding carboxylic acids is 1. The molecule has 6 heteroatoms. The summed E-state index contributed by atoms with van der Waals surface area (Å²) in [5, 5.41) is 25.2. The molecule has 0 unspecified atom stereocenters. The Morgan fingerprint density at radius 1 is 1.17 bits per heavy atom. The van der Waals surface area contributed by atoms with Crippen LogP contribution in [-0.4, -0.2) is 23.5 Å². The van der Waals surface area contributed by atoms with Gasteiger partial charge in [0.2, 0.25) is 0 Å². The van der Waals surface area contributed by atoms with Gasteiger partial charge < -0.3 is 15.7 Å². The monoisotopic (exact) mass is 323 g/mol. The third-order valence-corrected chi connectivity index (χ3v) is 3.38. The summed E-state index contributed by atoms with van der Waals surface area (Å²) in [7, 11) is 0. The molecule has 1 amide bonds. The number of carboxylic acids is 1. The van der Waals surface area contributed by atoms with E-state index in [1.54, 1.807) is 0 Å². The van der Waals surface area contributed by atoms with Crippen LogP contribution in [0.1, 0.15) is 12.8 Å². The van der Waals surface area contributed by atoms with Crippen molar-refractivity contribution in [2.24, 2.45) is 0 Å². The Bertz CT molecular complexity index is 816. The van der Waals surface area contributed by atoms with E-state index in [1.807, 2.05) is 48.5 Å². The summed E-state index contributed by atoms with van der Waals surface area (Å²) in [4.78, 5) is 22.3. The van der Waals surface area contributed by atoms with Crippen molar-refractivity contribution < 1.29 is 14.7 Å². The zero-order chi connectivity index (χ0) is 17.4. The number of nitriles is 1. The van der Waals surface area contributed by atoms with Gasteiger partial charge in [-0.05, 0) is 17.9 Å². The minimum atomic E-state index is -0.919. The van der Waals surface area contributed by atoms with Crippen molar-refractivity contribution in [2.45, 2.75) is 12.8 Å². The molecular formula is C18H17N3O3. The number of aliphatic carboxylic acids is 1. The molecule has 2 rings (SSSR count). The van der Waals surface area contributed by atoms with Gasteiger partial charge in [-0.3, -0.25) is 9.59 Å². The third-order valence-electron chi connectivity index (χ3n) is 3.38. The Morgan fingerprint density at radius 2 is 1.92 bits per heavy atom. The summed E-state index contributed by atoms with van der Waals surface area (Å²) >= 11 is 0. The number of hydrogen-bond acceptors (Lipinski definition) is 4. The van der Waals surface area contributed by atoms with Gasteiger partial charge in [0, 0.05) is 30.2 Å². The fraction of sp³-hybridized carbons (Fsp3) is 0.167. The fourth-order valence-corrected chi connectivity index (χ4v) is 2.19. The molecule has 0 radical (unpaired) electrons. The van der Waals surface area contributed by atoms with Crippen molar-refractivity contribution >= 4 is 28.3 Å². The normalized spacial score (nSPS) is 10.9. The average Bonchev–Trinajstić information content (AvgIpc) is 2.59. The number of fused-ring (bicyclic) bond motifs is 1. The first-order valence-electron chi connectivity index (χ1n) is 7.46. The van der Waals surface area contributed by atoms with Crippen LogP contribution >= 0.6 is 0 Å². The van der Waals surface area contributed by atoms with Crippen molar-refractivity contribution in [1.82, 2.24) is 5.32 Å². The van der Waals surface area contributed by atoms with Gasteiger partial charge in [-0.2, -0.15) is 5.26 Å². The van der Waals surface area contributed by atoms with E-state index < -0.39 is 11.9 Å². The summed E-state index contributed by atoms with van der Waals surface area (Å²) in [6, 6.07) is 15.3. The first-order chi connectivity index (χ1) is 11.6. The van der Waals surface area contributed by atoms with Gasteiger partial charge >= 0.3 is 5.97 Å². The number of amides is 1. The van der Waals surface area contributed by atoms with Crippen LogP contribution in [-0.2, 0) is 9.59 Å². The van der Waals surface area contributed by atoms with Crippen LogP contribution in [0.5, 0.6) is 0 Å². The first kappa shape index (κ1) is 17.0. The summed E-state index contributed by atoms with van der Waals surface area (Å²) in [6.07, 6.45) is 1.64. The quantitative estimate of drug-likeness (QED) is 0.413. The minimum Gasteiger partial charge on any atom is -0.481 e. The molecule has 0 saturated heterocycles. The van der Waals surface area contributed by atoms with E-state index in [9.17, 15) is 9.59 Å². The Balaban J connectivity index is 2.03. The average molecular weight is 323 g/mol. The van der Waals surface area contributed by atoms with Gasteiger partial charge in [0.25, 0.3) is 5.91 Å². The lowest BCUT2D eigenvalue weighted by molar-refractivity contribution is -0.137. The highest BCUT2D eigenvalue weighted by molar-refractivity contribution is 5.98. The SMILES string of the molecule is N#C/C(=C/Nc1cccc2ccccc12)C(=O)NCCCC(=O)O. The molecule has 6 nitrogen and oxygen atoms in total. The van der Waals surface area contributed by atoms with Crippen molar-refractivity contribution in [3.05, 3.63) is 54.2 Å². The van der Waals surface area contributed by atoms with E-state index in [4.69, 9.17) is 10.4 Å². The molecule has 0 spiro atoms. The number of rotatable bonds is 7. The number of nitrogens with zero attached hydrogens (tertiary/aromatic N) is 1. The van der Waals surface area contributed by atoms with E-state index in [0.29, 0.717) is 6.42 Å². The Labute approximate surface area is 139 Å². The molecule has 0 aliphatic heterocycles. The molecule has 2 aromatic carbocycles. The Morgan fingerprint density at radius 3 is 2.67 bits per heavy atom. The largest absolute Gasteiger partial charge is 0.481 e. The molecule has 0 aliphatic rings. The van der Waals surface area contributed by atoms with E-state index in [-0.39, 0.29) is 18.5 Å². The molecule has 122 valence electrons. The van der Waals surface area contributed by atoms with Crippen LogP contribution in [0.4, 0.5) is 5.69 Å². The number of carboxylic acid groups (broad SMARTS) is 1. The molecular weight excluding hydrogens is 306 g/mol. The molecule has 0 atom stereocenters. The van der Waals surface area contributed by atoms with Crippen LogP contribution in [0.3, 0.4) is 0 Å². The molecule has 0 bridgehead atoms. The number of hydrogen-bond donors (Lipinski definition) is 3. The Hall–Kier alpha value is -3.33. The third kappa shape index (κ3) is 4.58. The molecule has 0 saturated carbocycles. The molecule has 0 fully saturated rings. The van der Waals surface area contributed by atoms with Gasteiger partial charge in [-0.25, -0.2) is 0 Å². The maximum absolute atomic E-state index is 11.9. The van der Waals surface area contributed by atoms with E-state index in [1.165, 1.54) is 6.20 Å². The van der Waals surface area contributed by atoms with Crippen molar-refractivity contribution in [1.29, 1.82) is 5.26 Å². The second-order valence-corrected chi connectivity index (χ2v) is 5.09. The summed E-state index contributed by atoms with van der Waals surface area (Å²) < 4.78 is 0. The van der Waals surface area contributed by atoms with Gasteiger partial charge in [-0.1, -0.05) is 36.4 Å². The van der Waals surface area contributed by atoms with Crippen LogP contribution < -0.4 is 10.6 Å². The van der Waals surface area contributed by atoms with E-state index in [0.717, 1.165) is 16.5 Å². The lowest BCUT2D eigenvalue weighted by Crippen LogP contribution is -2.26. The van der Waals surface area contributed by atoms with E-state index >= 15 is 0 Å². The maximum Gasteiger partial charge on any atom is 0.303 e. The number of carbonyl (C=O) groups is 2.